The second-order valence-corrected chi connectivity index (χ2v) is 12.6. The highest BCUT2D eigenvalue weighted by molar-refractivity contribution is 5.96. The summed E-state index contributed by atoms with van der Waals surface area (Å²) in [6.45, 7) is 10.2. The molecule has 1 unspecified atom stereocenters. The number of hydrogen-bond donors (Lipinski definition) is 2. The second-order valence-electron chi connectivity index (χ2n) is 12.6. The third-order valence-electron chi connectivity index (χ3n) is 7.61. The van der Waals surface area contributed by atoms with Crippen LogP contribution in [0.25, 0.3) is 5.69 Å². The zero-order valence-corrected chi connectivity index (χ0v) is 26.1. The Hall–Kier alpha value is -4.30. The molecule has 1 aliphatic carbocycles. The predicted octanol–water partition coefficient (Wildman–Crippen LogP) is 7.74. The maximum Gasteiger partial charge on any atom is 0.412 e. The molecule has 1 amide bonds. The van der Waals surface area contributed by atoms with Crippen LogP contribution in [0.2, 0.25) is 0 Å². The number of aryl methyl sites for hydroxylation is 2. The molecule has 2 N–H and O–H groups in total. The van der Waals surface area contributed by atoms with E-state index in [1.165, 1.54) is 18.9 Å². The quantitative estimate of drug-likeness (QED) is 0.173. The molecule has 1 saturated carbocycles. The van der Waals surface area contributed by atoms with Crippen molar-refractivity contribution in [1.82, 2.24) is 15.1 Å². The maximum atomic E-state index is 15.2. The number of nitrogens with one attached hydrogen (secondary N) is 2. The van der Waals surface area contributed by atoms with Crippen molar-refractivity contribution in [2.75, 3.05) is 11.9 Å². The fourth-order valence-electron chi connectivity index (χ4n) is 5.23. The lowest BCUT2D eigenvalue weighted by Gasteiger charge is -2.22. The van der Waals surface area contributed by atoms with E-state index in [1.54, 1.807) is 22.9 Å². The number of Topliss-reactive ketones (excluding diaryl/α,β-unsaturated/α-hetero) is 1. The molecule has 230 valence electrons. The minimum atomic E-state index is -0.617. The smallest absolute Gasteiger partial charge is 0.412 e. The molecule has 0 bridgehead atoms. The van der Waals surface area contributed by atoms with Crippen LogP contribution in [0, 0.1) is 18.7 Å². The zero-order valence-electron chi connectivity index (χ0n) is 26.1. The highest BCUT2D eigenvalue weighted by atomic mass is 19.1. The molecule has 1 aliphatic rings. The van der Waals surface area contributed by atoms with E-state index in [-0.39, 0.29) is 18.2 Å². The summed E-state index contributed by atoms with van der Waals surface area (Å²) in [5, 5.41) is 11.0. The van der Waals surface area contributed by atoms with Crippen LogP contribution in [0.3, 0.4) is 0 Å². The van der Waals surface area contributed by atoms with Crippen LogP contribution < -0.4 is 10.6 Å². The standard InChI is InChI=1S/C36H41FN4O3/c1-6-24-9-7-12-30(18-24)41-32(17-23(2)40-41)33(42)21-28-19-27(15-16-31(28)37)34(38-22-25-13-14-25)26-10-8-11-29(20-26)39-35(43)44-36(3,4)5/h7-12,15-20,25,34,38H,6,13-14,21-22H2,1-5H3,(H,39,43). The minimum Gasteiger partial charge on any atom is -0.444 e. The normalized spacial score (nSPS) is 13.9. The molecule has 3 aromatic carbocycles. The van der Waals surface area contributed by atoms with Crippen LogP contribution in [-0.4, -0.2) is 33.8 Å². The van der Waals surface area contributed by atoms with Crippen molar-refractivity contribution in [2.24, 2.45) is 5.92 Å². The van der Waals surface area contributed by atoms with Gasteiger partial charge in [-0.3, -0.25) is 10.1 Å². The van der Waals surface area contributed by atoms with E-state index in [9.17, 15) is 9.59 Å². The average molecular weight is 597 g/mol. The van der Waals surface area contributed by atoms with Gasteiger partial charge in [-0.25, -0.2) is 13.9 Å². The number of aromatic nitrogens is 2. The Balaban J connectivity index is 1.42. The Bertz CT molecular complexity index is 1650. The number of amides is 1. The number of ether oxygens (including phenoxy) is 1. The Labute approximate surface area is 258 Å². The molecule has 44 heavy (non-hydrogen) atoms. The zero-order chi connectivity index (χ0) is 31.4. The van der Waals surface area contributed by atoms with Crippen LogP contribution in [-0.2, 0) is 17.6 Å². The van der Waals surface area contributed by atoms with E-state index >= 15 is 4.39 Å². The number of nitrogens with zero attached hydrogens (tertiary/aromatic N) is 2. The molecule has 1 fully saturated rings. The average Bonchev–Trinajstić information content (AvgIpc) is 3.72. The summed E-state index contributed by atoms with van der Waals surface area (Å²) in [5.41, 5.74) is 5.14. The molecule has 7 nitrogen and oxygen atoms in total. The van der Waals surface area contributed by atoms with Crippen molar-refractivity contribution < 1.29 is 18.7 Å². The number of anilines is 1. The summed E-state index contributed by atoms with van der Waals surface area (Å²) in [4.78, 5) is 26.1. The number of ketones is 1. The largest absolute Gasteiger partial charge is 0.444 e. The Morgan fingerprint density at radius 1 is 1.02 bits per heavy atom. The highest BCUT2D eigenvalue weighted by Gasteiger charge is 2.25. The van der Waals surface area contributed by atoms with Crippen molar-refractivity contribution in [3.05, 3.63) is 112 Å². The molecule has 0 radical (unpaired) electrons. The predicted molar refractivity (Wildman–Crippen MR) is 171 cm³/mol. The second kappa shape index (κ2) is 13.1. The van der Waals surface area contributed by atoms with Crippen molar-refractivity contribution in [2.45, 2.75) is 71.9 Å². The monoisotopic (exact) mass is 596 g/mol. The summed E-state index contributed by atoms with van der Waals surface area (Å²) in [7, 11) is 0. The van der Waals surface area contributed by atoms with Gasteiger partial charge >= 0.3 is 6.09 Å². The fourth-order valence-corrected chi connectivity index (χ4v) is 5.23. The first kappa shape index (κ1) is 31.1. The van der Waals surface area contributed by atoms with Gasteiger partial charge in [0.2, 0.25) is 0 Å². The van der Waals surface area contributed by atoms with Gasteiger partial charge in [-0.2, -0.15) is 5.10 Å². The summed E-state index contributed by atoms with van der Waals surface area (Å²) in [6.07, 6.45) is 2.59. The van der Waals surface area contributed by atoms with Gasteiger partial charge in [0.05, 0.1) is 17.4 Å². The maximum absolute atomic E-state index is 15.2. The molecule has 8 heteroatoms. The van der Waals surface area contributed by atoms with Crippen molar-refractivity contribution in [3.63, 3.8) is 0 Å². The number of hydrogen-bond acceptors (Lipinski definition) is 5. The van der Waals surface area contributed by atoms with E-state index < -0.39 is 17.5 Å². The van der Waals surface area contributed by atoms with Crippen LogP contribution in [0.4, 0.5) is 14.9 Å². The molecule has 1 atom stereocenters. The van der Waals surface area contributed by atoms with Crippen molar-refractivity contribution >= 4 is 17.6 Å². The number of rotatable bonds is 11. The summed E-state index contributed by atoms with van der Waals surface area (Å²) >= 11 is 0. The van der Waals surface area contributed by atoms with Crippen LogP contribution >= 0.6 is 0 Å². The molecule has 0 aliphatic heterocycles. The molecule has 0 saturated heterocycles. The number of halogens is 1. The van der Waals surface area contributed by atoms with Gasteiger partial charge in [-0.05, 0) is 118 Å². The molecule has 0 spiro atoms. The number of carbonyl (C=O) groups excluding carboxylic acids is 2. The van der Waals surface area contributed by atoms with Crippen LogP contribution in [0.15, 0.2) is 72.8 Å². The summed E-state index contributed by atoms with van der Waals surface area (Å²) < 4.78 is 22.3. The highest BCUT2D eigenvalue weighted by Crippen LogP contribution is 2.32. The fraction of sp³-hybridized carbons (Fsp3) is 0.361. The first-order valence-electron chi connectivity index (χ1n) is 15.3. The van der Waals surface area contributed by atoms with Gasteiger partial charge in [-0.1, -0.05) is 43.3 Å². The third kappa shape index (κ3) is 7.99. The Morgan fingerprint density at radius 3 is 2.50 bits per heavy atom. The van der Waals surface area contributed by atoms with Gasteiger partial charge in [-0.15, -0.1) is 0 Å². The number of benzene rings is 3. The Kier molecular flexibility index (Phi) is 9.30. The van der Waals surface area contributed by atoms with Gasteiger partial charge in [0.15, 0.2) is 5.78 Å². The first-order chi connectivity index (χ1) is 21.0. The van der Waals surface area contributed by atoms with E-state index in [1.807, 2.05) is 76.2 Å². The topological polar surface area (TPSA) is 85.3 Å². The van der Waals surface area contributed by atoms with E-state index in [0.29, 0.717) is 28.6 Å². The SMILES string of the molecule is CCc1cccc(-n2nc(C)cc2C(=O)Cc2cc(C(NCC3CC3)c3cccc(NC(=O)OC(C)(C)C)c3)ccc2F)c1. The number of carbonyl (C=O) groups is 2. The summed E-state index contributed by atoms with van der Waals surface area (Å²) in [6, 6.07) is 21.9. The molecular formula is C36H41FN4O3. The van der Waals surface area contributed by atoms with Gasteiger partial charge in [0.1, 0.15) is 17.1 Å². The van der Waals surface area contributed by atoms with Crippen molar-refractivity contribution in [3.8, 4) is 5.69 Å². The first-order valence-corrected chi connectivity index (χ1v) is 15.3. The van der Waals surface area contributed by atoms with Gasteiger partial charge in [0.25, 0.3) is 0 Å². The lowest BCUT2D eigenvalue weighted by Crippen LogP contribution is -2.27. The molecular weight excluding hydrogens is 555 g/mol. The lowest BCUT2D eigenvalue weighted by atomic mass is 9.94. The Morgan fingerprint density at radius 2 is 1.77 bits per heavy atom. The van der Waals surface area contributed by atoms with E-state index in [2.05, 4.69) is 22.7 Å². The molecule has 1 aromatic heterocycles. The van der Waals surface area contributed by atoms with E-state index in [0.717, 1.165) is 35.3 Å². The molecule has 1 heterocycles. The van der Waals surface area contributed by atoms with Crippen LogP contribution in [0.1, 0.15) is 85.0 Å². The van der Waals surface area contributed by atoms with E-state index in [4.69, 9.17) is 4.74 Å². The lowest BCUT2D eigenvalue weighted by molar-refractivity contribution is 0.0635. The molecule has 5 rings (SSSR count). The minimum absolute atomic E-state index is 0.103. The van der Waals surface area contributed by atoms with Gasteiger partial charge < -0.3 is 10.1 Å². The van der Waals surface area contributed by atoms with Crippen LogP contribution in [0.5, 0.6) is 0 Å². The van der Waals surface area contributed by atoms with Crippen molar-refractivity contribution in [1.29, 1.82) is 0 Å². The van der Waals surface area contributed by atoms with Gasteiger partial charge in [0, 0.05) is 12.1 Å². The third-order valence-corrected chi connectivity index (χ3v) is 7.61. The molecule has 4 aromatic rings. The summed E-state index contributed by atoms with van der Waals surface area (Å²) in [5.74, 6) is -0.0365.